The van der Waals surface area contributed by atoms with Crippen LogP contribution < -0.4 is 10.9 Å². The van der Waals surface area contributed by atoms with Gasteiger partial charge in [0.2, 0.25) is 0 Å². The first-order valence-corrected chi connectivity index (χ1v) is 7.91. The van der Waals surface area contributed by atoms with Crippen molar-refractivity contribution in [3.8, 4) is 6.07 Å². The predicted octanol–water partition coefficient (Wildman–Crippen LogP) is 2.57. The molecular weight excluding hydrogens is 403 g/mol. The van der Waals surface area contributed by atoms with Crippen LogP contribution in [0.4, 0.5) is 18.9 Å². The van der Waals surface area contributed by atoms with E-state index in [4.69, 9.17) is 16.9 Å². The highest BCUT2D eigenvalue weighted by Crippen LogP contribution is 2.28. The summed E-state index contributed by atoms with van der Waals surface area (Å²) in [6, 6.07) is 7.23. The van der Waals surface area contributed by atoms with E-state index >= 15 is 0 Å². The molecule has 0 bridgehead atoms. The Kier molecular flexibility index (Phi) is 6.43. The molecular formula is C17H11ClF3N3O4. The van der Waals surface area contributed by atoms with Gasteiger partial charge in [0.25, 0.3) is 11.5 Å². The molecule has 0 saturated heterocycles. The number of ether oxygens (including phenoxy) is 1. The monoisotopic (exact) mass is 413 g/mol. The maximum Gasteiger partial charge on any atom is 0.417 e. The summed E-state index contributed by atoms with van der Waals surface area (Å²) >= 11 is 5.82. The number of amides is 1. The SMILES string of the molecule is N#Cc1ccc(NC(=O)COC(=O)Cn2cc(C(F)(F)F)ccc2=O)cc1Cl. The van der Waals surface area contributed by atoms with Crippen LogP contribution in [0.3, 0.4) is 0 Å². The molecule has 0 radical (unpaired) electrons. The summed E-state index contributed by atoms with van der Waals surface area (Å²) in [5, 5.41) is 11.3. The molecule has 0 spiro atoms. The minimum Gasteiger partial charge on any atom is -0.454 e. The van der Waals surface area contributed by atoms with Gasteiger partial charge >= 0.3 is 12.1 Å². The molecule has 28 heavy (non-hydrogen) atoms. The molecule has 146 valence electrons. The molecule has 2 rings (SSSR count). The van der Waals surface area contributed by atoms with E-state index in [1.165, 1.54) is 18.2 Å². The van der Waals surface area contributed by atoms with Crippen molar-refractivity contribution in [2.45, 2.75) is 12.7 Å². The number of nitrogens with zero attached hydrogens (tertiary/aromatic N) is 2. The highest BCUT2D eigenvalue weighted by molar-refractivity contribution is 6.32. The first-order chi connectivity index (χ1) is 13.1. The van der Waals surface area contributed by atoms with Gasteiger partial charge in [-0.25, -0.2) is 0 Å². The lowest BCUT2D eigenvalue weighted by atomic mass is 10.2. The third-order valence-corrected chi connectivity index (χ3v) is 3.66. The summed E-state index contributed by atoms with van der Waals surface area (Å²) in [7, 11) is 0. The Bertz CT molecular complexity index is 1010. The highest BCUT2D eigenvalue weighted by atomic mass is 35.5. The molecule has 1 aromatic heterocycles. The van der Waals surface area contributed by atoms with Gasteiger partial charge < -0.3 is 14.6 Å². The molecule has 1 amide bonds. The summed E-state index contributed by atoms with van der Waals surface area (Å²) in [5.74, 6) is -1.82. The predicted molar refractivity (Wildman–Crippen MR) is 91.5 cm³/mol. The lowest BCUT2D eigenvalue weighted by molar-refractivity contribution is -0.148. The van der Waals surface area contributed by atoms with Gasteiger partial charge in [-0.2, -0.15) is 18.4 Å². The lowest BCUT2D eigenvalue weighted by Gasteiger charge is -2.11. The maximum atomic E-state index is 12.7. The van der Waals surface area contributed by atoms with Crippen molar-refractivity contribution in [3.63, 3.8) is 0 Å². The molecule has 0 atom stereocenters. The van der Waals surface area contributed by atoms with Gasteiger partial charge in [0.1, 0.15) is 12.6 Å². The fraction of sp³-hybridized carbons (Fsp3) is 0.176. The molecule has 1 aromatic carbocycles. The number of anilines is 1. The molecule has 0 aliphatic carbocycles. The second-order valence-corrected chi connectivity index (χ2v) is 5.80. The van der Waals surface area contributed by atoms with Crippen LogP contribution in [0.1, 0.15) is 11.1 Å². The van der Waals surface area contributed by atoms with E-state index in [-0.39, 0.29) is 16.3 Å². The van der Waals surface area contributed by atoms with E-state index in [0.717, 1.165) is 0 Å². The highest BCUT2D eigenvalue weighted by Gasteiger charge is 2.31. The van der Waals surface area contributed by atoms with Crippen LogP contribution in [0, 0.1) is 11.3 Å². The van der Waals surface area contributed by atoms with Crippen molar-refractivity contribution in [2.75, 3.05) is 11.9 Å². The molecule has 0 aliphatic rings. The standard InChI is InChI=1S/C17H11ClF3N3O4/c18-13-5-12(3-1-10(13)6-22)23-14(25)9-28-16(27)8-24-7-11(17(19,20)21)2-4-15(24)26/h1-5,7H,8-9H2,(H,23,25). The Morgan fingerprint density at radius 3 is 2.57 bits per heavy atom. The molecule has 1 heterocycles. The second kappa shape index (κ2) is 8.58. The van der Waals surface area contributed by atoms with E-state index in [2.05, 4.69) is 10.1 Å². The van der Waals surface area contributed by atoms with E-state index in [1.807, 2.05) is 6.07 Å². The number of hydrogen-bond acceptors (Lipinski definition) is 5. The van der Waals surface area contributed by atoms with Gasteiger partial charge in [0.15, 0.2) is 6.61 Å². The van der Waals surface area contributed by atoms with Crippen LogP contribution in [-0.4, -0.2) is 23.1 Å². The average Bonchev–Trinajstić information content (AvgIpc) is 2.61. The first kappa shape index (κ1) is 21.0. The third kappa shape index (κ3) is 5.59. The molecule has 11 heteroatoms. The van der Waals surface area contributed by atoms with Crippen LogP contribution >= 0.6 is 11.6 Å². The quantitative estimate of drug-likeness (QED) is 0.759. The normalized spacial score (nSPS) is 10.8. The number of carbonyl (C=O) groups excluding carboxylic acids is 2. The lowest BCUT2D eigenvalue weighted by Crippen LogP contribution is -2.28. The van der Waals surface area contributed by atoms with E-state index in [1.54, 1.807) is 0 Å². The zero-order valence-electron chi connectivity index (χ0n) is 13.9. The van der Waals surface area contributed by atoms with E-state index in [9.17, 15) is 27.6 Å². The number of halogens is 4. The summed E-state index contributed by atoms with van der Waals surface area (Å²) in [6.07, 6.45) is -4.19. The molecule has 0 aliphatic heterocycles. The van der Waals surface area contributed by atoms with Gasteiger partial charge in [-0.15, -0.1) is 0 Å². The zero-order chi connectivity index (χ0) is 20.9. The van der Waals surface area contributed by atoms with Gasteiger partial charge in [0, 0.05) is 18.0 Å². The summed E-state index contributed by atoms with van der Waals surface area (Å²) in [5.41, 5.74) is -1.48. The Balaban J connectivity index is 1.94. The maximum absolute atomic E-state index is 12.7. The fourth-order valence-electron chi connectivity index (χ4n) is 2.03. The summed E-state index contributed by atoms with van der Waals surface area (Å²) < 4.78 is 43.2. The minimum absolute atomic E-state index is 0.112. The first-order valence-electron chi connectivity index (χ1n) is 7.53. The summed E-state index contributed by atoms with van der Waals surface area (Å²) in [4.78, 5) is 35.1. The number of nitrogens with one attached hydrogen (secondary N) is 1. The zero-order valence-corrected chi connectivity index (χ0v) is 14.7. The number of aromatic nitrogens is 1. The van der Waals surface area contributed by atoms with Crippen molar-refractivity contribution in [2.24, 2.45) is 0 Å². The minimum atomic E-state index is -4.68. The molecule has 1 N–H and O–H groups in total. The number of carbonyl (C=O) groups is 2. The van der Waals surface area contributed by atoms with Crippen LogP contribution in [0.15, 0.2) is 41.3 Å². The molecule has 0 fully saturated rings. The summed E-state index contributed by atoms with van der Waals surface area (Å²) in [6.45, 7) is -1.52. The second-order valence-electron chi connectivity index (χ2n) is 5.40. The van der Waals surface area contributed by atoms with Gasteiger partial charge in [-0.3, -0.25) is 14.4 Å². The van der Waals surface area contributed by atoms with Crippen molar-refractivity contribution in [1.82, 2.24) is 4.57 Å². The average molecular weight is 414 g/mol. The molecule has 7 nitrogen and oxygen atoms in total. The largest absolute Gasteiger partial charge is 0.454 e. The molecule has 0 unspecified atom stereocenters. The Labute approximate surface area is 160 Å². The van der Waals surface area contributed by atoms with E-state index in [0.29, 0.717) is 22.9 Å². The number of alkyl halides is 3. The number of esters is 1. The fourth-order valence-corrected chi connectivity index (χ4v) is 2.26. The molecule has 0 saturated carbocycles. The topological polar surface area (TPSA) is 101 Å². The van der Waals surface area contributed by atoms with Crippen molar-refractivity contribution >= 4 is 29.2 Å². The smallest absolute Gasteiger partial charge is 0.417 e. The van der Waals surface area contributed by atoms with Gasteiger partial charge in [-0.1, -0.05) is 11.6 Å². The van der Waals surface area contributed by atoms with Crippen molar-refractivity contribution < 1.29 is 27.5 Å². The number of rotatable bonds is 5. The number of hydrogen-bond donors (Lipinski definition) is 1. The van der Waals surface area contributed by atoms with Gasteiger partial charge in [-0.05, 0) is 24.3 Å². The Morgan fingerprint density at radius 1 is 1.25 bits per heavy atom. The van der Waals surface area contributed by atoms with E-state index < -0.39 is 42.3 Å². The Morgan fingerprint density at radius 2 is 1.96 bits per heavy atom. The Hall–Kier alpha value is -3.32. The van der Waals surface area contributed by atoms with Crippen molar-refractivity contribution in [3.05, 3.63) is 63.0 Å². The third-order valence-electron chi connectivity index (χ3n) is 3.35. The number of nitriles is 1. The van der Waals surface area contributed by atoms with Crippen molar-refractivity contribution in [1.29, 1.82) is 5.26 Å². The van der Waals surface area contributed by atoms with Gasteiger partial charge in [0.05, 0.1) is 16.1 Å². The van der Waals surface area contributed by atoms with Crippen LogP contribution in [0.5, 0.6) is 0 Å². The van der Waals surface area contributed by atoms with Crippen LogP contribution in [0.2, 0.25) is 5.02 Å². The number of benzene rings is 1. The molecule has 2 aromatic rings. The number of pyridine rings is 1. The van der Waals surface area contributed by atoms with Crippen LogP contribution in [0.25, 0.3) is 0 Å². The van der Waals surface area contributed by atoms with Crippen LogP contribution in [-0.2, 0) is 27.0 Å².